The summed E-state index contributed by atoms with van der Waals surface area (Å²) < 4.78 is 1.10. The highest BCUT2D eigenvalue weighted by Gasteiger charge is 2.21. The molecule has 2 N–H and O–H groups in total. The lowest BCUT2D eigenvalue weighted by Gasteiger charge is -2.27. The van der Waals surface area contributed by atoms with E-state index in [9.17, 15) is 0 Å². The van der Waals surface area contributed by atoms with Gasteiger partial charge in [0.2, 0.25) is 0 Å². The van der Waals surface area contributed by atoms with Crippen LogP contribution in [0.1, 0.15) is 32.3 Å². The Balaban J connectivity index is 2.99. The van der Waals surface area contributed by atoms with Crippen molar-refractivity contribution in [3.8, 4) is 0 Å². The number of benzene rings is 1. The zero-order valence-electron chi connectivity index (χ0n) is 8.18. The summed E-state index contributed by atoms with van der Waals surface area (Å²) in [5.74, 6) is 0. The van der Waals surface area contributed by atoms with Crippen LogP contribution in [0.2, 0.25) is 0 Å². The fourth-order valence-corrected chi connectivity index (χ4v) is 1.70. The van der Waals surface area contributed by atoms with Gasteiger partial charge < -0.3 is 5.73 Å². The zero-order valence-corrected chi connectivity index (χ0v) is 9.76. The predicted octanol–water partition coefficient (Wildman–Crippen LogP) is 3.42. The third-order valence-electron chi connectivity index (χ3n) is 2.68. The molecule has 0 saturated heterocycles. The van der Waals surface area contributed by atoms with Crippen molar-refractivity contribution in [2.24, 2.45) is 5.73 Å². The van der Waals surface area contributed by atoms with Gasteiger partial charge in [-0.25, -0.2) is 0 Å². The van der Waals surface area contributed by atoms with Gasteiger partial charge in [-0.05, 0) is 30.5 Å². The van der Waals surface area contributed by atoms with Crippen LogP contribution < -0.4 is 5.73 Å². The van der Waals surface area contributed by atoms with Crippen LogP contribution in [-0.4, -0.2) is 0 Å². The van der Waals surface area contributed by atoms with Crippen LogP contribution >= 0.6 is 15.9 Å². The average molecular weight is 242 g/mol. The lowest BCUT2D eigenvalue weighted by molar-refractivity contribution is 0.413. The molecule has 0 aliphatic heterocycles. The van der Waals surface area contributed by atoms with E-state index in [4.69, 9.17) is 5.73 Å². The minimum Gasteiger partial charge on any atom is -0.321 e. The van der Waals surface area contributed by atoms with E-state index in [1.54, 1.807) is 0 Å². The number of halogens is 1. The lowest BCUT2D eigenvalue weighted by Crippen LogP contribution is -2.34. The normalized spacial score (nSPS) is 11.7. The van der Waals surface area contributed by atoms with Crippen molar-refractivity contribution in [2.45, 2.75) is 32.2 Å². The molecule has 1 nitrogen and oxygen atoms in total. The first-order valence-electron chi connectivity index (χ1n) is 4.67. The van der Waals surface area contributed by atoms with Crippen LogP contribution in [0.25, 0.3) is 0 Å². The van der Waals surface area contributed by atoms with Crippen LogP contribution in [0.5, 0.6) is 0 Å². The molecular formula is C11H16BrN. The number of nitrogens with two attached hydrogens (primary N) is 1. The van der Waals surface area contributed by atoms with E-state index in [1.165, 1.54) is 5.56 Å². The van der Waals surface area contributed by atoms with Crippen molar-refractivity contribution >= 4 is 15.9 Å². The average Bonchev–Trinajstić information content (AvgIpc) is 2.18. The first-order chi connectivity index (χ1) is 6.12. The molecule has 72 valence electrons. The quantitative estimate of drug-likeness (QED) is 0.863. The predicted molar refractivity (Wildman–Crippen MR) is 60.6 cm³/mol. The molecule has 1 aromatic rings. The number of hydrogen-bond donors (Lipinski definition) is 1. The van der Waals surface area contributed by atoms with Gasteiger partial charge in [-0.15, -0.1) is 0 Å². The highest BCUT2D eigenvalue weighted by atomic mass is 79.9. The molecule has 0 aromatic heterocycles. The molecule has 0 radical (unpaired) electrons. The molecule has 0 atom stereocenters. The monoisotopic (exact) mass is 241 g/mol. The highest BCUT2D eigenvalue weighted by molar-refractivity contribution is 9.10. The topological polar surface area (TPSA) is 26.0 Å². The van der Waals surface area contributed by atoms with Crippen LogP contribution in [0.3, 0.4) is 0 Å². The minimum atomic E-state index is -0.152. The maximum atomic E-state index is 6.25. The maximum absolute atomic E-state index is 6.25. The molecule has 2 heteroatoms. The van der Waals surface area contributed by atoms with Crippen molar-refractivity contribution in [3.63, 3.8) is 0 Å². The maximum Gasteiger partial charge on any atom is 0.0404 e. The Bertz CT molecular complexity index is 262. The smallest absolute Gasteiger partial charge is 0.0404 e. The zero-order chi connectivity index (χ0) is 9.90. The molecule has 0 amide bonds. The van der Waals surface area contributed by atoms with E-state index in [2.05, 4.69) is 41.9 Å². The molecular weight excluding hydrogens is 226 g/mol. The fourth-order valence-electron chi connectivity index (χ4n) is 1.44. The SMILES string of the molecule is CCC(N)(CC)c1ccc(Br)cc1. The summed E-state index contributed by atoms with van der Waals surface area (Å²) in [6.07, 6.45) is 1.95. The van der Waals surface area contributed by atoms with E-state index in [0.717, 1.165) is 17.3 Å². The molecule has 0 unspecified atom stereocenters. The van der Waals surface area contributed by atoms with Gasteiger partial charge in [0.05, 0.1) is 0 Å². The van der Waals surface area contributed by atoms with Gasteiger partial charge in [0.1, 0.15) is 0 Å². The molecule has 0 fully saturated rings. The molecule has 1 aromatic carbocycles. The minimum absolute atomic E-state index is 0.152. The third-order valence-corrected chi connectivity index (χ3v) is 3.21. The summed E-state index contributed by atoms with van der Waals surface area (Å²) in [5.41, 5.74) is 7.32. The Morgan fingerprint density at radius 3 is 2.00 bits per heavy atom. The van der Waals surface area contributed by atoms with Gasteiger partial charge in [0.15, 0.2) is 0 Å². The van der Waals surface area contributed by atoms with Gasteiger partial charge in [-0.1, -0.05) is 41.9 Å². The Labute approximate surface area is 88.5 Å². The summed E-state index contributed by atoms with van der Waals surface area (Å²) in [6, 6.07) is 8.28. The fraction of sp³-hybridized carbons (Fsp3) is 0.455. The Morgan fingerprint density at radius 1 is 1.15 bits per heavy atom. The highest BCUT2D eigenvalue weighted by Crippen LogP contribution is 2.26. The molecule has 0 spiro atoms. The van der Waals surface area contributed by atoms with Gasteiger partial charge in [0, 0.05) is 10.0 Å². The van der Waals surface area contributed by atoms with Gasteiger partial charge >= 0.3 is 0 Å². The van der Waals surface area contributed by atoms with Crippen LogP contribution in [0.15, 0.2) is 28.7 Å². The second-order valence-electron chi connectivity index (χ2n) is 3.37. The molecule has 0 heterocycles. The lowest BCUT2D eigenvalue weighted by atomic mass is 9.86. The summed E-state index contributed by atoms with van der Waals surface area (Å²) in [5, 5.41) is 0. The summed E-state index contributed by atoms with van der Waals surface area (Å²) in [4.78, 5) is 0. The number of rotatable bonds is 3. The van der Waals surface area contributed by atoms with Gasteiger partial charge in [0.25, 0.3) is 0 Å². The van der Waals surface area contributed by atoms with Crippen molar-refractivity contribution in [1.82, 2.24) is 0 Å². The van der Waals surface area contributed by atoms with E-state index in [0.29, 0.717) is 0 Å². The summed E-state index contributed by atoms with van der Waals surface area (Å²) in [6.45, 7) is 4.26. The van der Waals surface area contributed by atoms with E-state index >= 15 is 0 Å². The standard InChI is InChI=1S/C11H16BrN/c1-3-11(13,4-2)9-5-7-10(12)8-6-9/h5-8H,3-4,13H2,1-2H3. The largest absolute Gasteiger partial charge is 0.321 e. The Kier molecular flexibility index (Phi) is 3.51. The van der Waals surface area contributed by atoms with Gasteiger partial charge in [-0.2, -0.15) is 0 Å². The summed E-state index contributed by atoms with van der Waals surface area (Å²) in [7, 11) is 0. The molecule has 0 aliphatic rings. The van der Waals surface area contributed by atoms with Crippen molar-refractivity contribution in [3.05, 3.63) is 34.3 Å². The van der Waals surface area contributed by atoms with E-state index in [-0.39, 0.29) is 5.54 Å². The molecule has 0 aliphatic carbocycles. The van der Waals surface area contributed by atoms with Crippen molar-refractivity contribution in [1.29, 1.82) is 0 Å². The molecule has 0 bridgehead atoms. The Hall–Kier alpha value is -0.340. The van der Waals surface area contributed by atoms with Crippen molar-refractivity contribution < 1.29 is 0 Å². The van der Waals surface area contributed by atoms with Crippen molar-refractivity contribution in [2.75, 3.05) is 0 Å². The first-order valence-corrected chi connectivity index (χ1v) is 5.46. The van der Waals surface area contributed by atoms with Gasteiger partial charge in [-0.3, -0.25) is 0 Å². The second-order valence-corrected chi connectivity index (χ2v) is 4.29. The first kappa shape index (κ1) is 10.7. The Morgan fingerprint density at radius 2 is 1.62 bits per heavy atom. The van der Waals surface area contributed by atoms with Crippen LogP contribution in [-0.2, 0) is 5.54 Å². The second kappa shape index (κ2) is 4.25. The van der Waals surface area contributed by atoms with Crippen LogP contribution in [0.4, 0.5) is 0 Å². The van der Waals surface area contributed by atoms with Crippen LogP contribution in [0, 0.1) is 0 Å². The molecule has 0 saturated carbocycles. The molecule has 1 rings (SSSR count). The molecule has 13 heavy (non-hydrogen) atoms. The van der Waals surface area contributed by atoms with E-state index in [1.807, 2.05) is 12.1 Å². The number of hydrogen-bond acceptors (Lipinski definition) is 1. The third kappa shape index (κ3) is 2.32. The van der Waals surface area contributed by atoms with E-state index < -0.39 is 0 Å². The summed E-state index contributed by atoms with van der Waals surface area (Å²) >= 11 is 3.42.